The highest BCUT2D eigenvalue weighted by atomic mass is 16.4. The second-order valence-electron chi connectivity index (χ2n) is 7.90. The van der Waals surface area contributed by atoms with Crippen LogP contribution in [0.4, 0.5) is 0 Å². The molecule has 0 saturated carbocycles. The monoisotopic (exact) mass is 433 g/mol. The maximum absolute atomic E-state index is 11.3. The van der Waals surface area contributed by atoms with Crippen LogP contribution in [0.2, 0.25) is 0 Å². The standard InChI is InChI=1S/C28H19NO4/c30-27(31)23-5-1-3-18(13-23)17-7-9-21-15-22-10-8-20(16-26(22)29-25(21)12-11-17)19-4-2-6-24(14-19)28(32)33/h1-11,13-16H,12H2,(H,30,31)(H,32,33). The van der Waals surface area contributed by atoms with Gasteiger partial charge in [-0.1, -0.05) is 54.6 Å². The number of pyridine rings is 1. The average molecular weight is 433 g/mol. The maximum Gasteiger partial charge on any atom is 0.335 e. The van der Waals surface area contributed by atoms with Gasteiger partial charge in [0.15, 0.2) is 0 Å². The third kappa shape index (κ3) is 4.04. The summed E-state index contributed by atoms with van der Waals surface area (Å²) >= 11 is 0. The molecule has 0 unspecified atom stereocenters. The fourth-order valence-corrected chi connectivity index (χ4v) is 4.04. The number of aromatic nitrogens is 1. The molecule has 5 rings (SSSR count). The lowest BCUT2D eigenvalue weighted by molar-refractivity contribution is 0.0686. The van der Waals surface area contributed by atoms with Crippen LogP contribution in [0.3, 0.4) is 0 Å². The van der Waals surface area contributed by atoms with E-state index >= 15 is 0 Å². The van der Waals surface area contributed by atoms with Gasteiger partial charge >= 0.3 is 11.9 Å². The van der Waals surface area contributed by atoms with Gasteiger partial charge in [0.1, 0.15) is 0 Å². The van der Waals surface area contributed by atoms with Gasteiger partial charge in [0.25, 0.3) is 0 Å². The third-order valence-corrected chi connectivity index (χ3v) is 5.77. The van der Waals surface area contributed by atoms with E-state index in [9.17, 15) is 19.8 Å². The van der Waals surface area contributed by atoms with Gasteiger partial charge in [0.05, 0.1) is 22.3 Å². The van der Waals surface area contributed by atoms with Crippen LogP contribution in [0.15, 0.2) is 84.9 Å². The lowest BCUT2D eigenvalue weighted by Gasteiger charge is -2.08. The van der Waals surface area contributed by atoms with E-state index in [1.54, 1.807) is 36.4 Å². The van der Waals surface area contributed by atoms with Crippen LogP contribution in [0.1, 0.15) is 37.5 Å². The molecule has 5 heteroatoms. The first kappa shape index (κ1) is 20.4. The molecule has 0 bridgehead atoms. The summed E-state index contributed by atoms with van der Waals surface area (Å²) in [4.78, 5) is 27.5. The Morgan fingerprint density at radius 3 is 2.12 bits per heavy atom. The Bertz CT molecular complexity index is 1500. The number of hydrogen-bond donors (Lipinski definition) is 2. The summed E-state index contributed by atoms with van der Waals surface area (Å²) in [6, 6.07) is 21.8. The quantitative estimate of drug-likeness (QED) is 0.415. The van der Waals surface area contributed by atoms with Crippen LogP contribution >= 0.6 is 0 Å². The highest BCUT2D eigenvalue weighted by molar-refractivity contribution is 5.92. The molecule has 0 radical (unpaired) electrons. The zero-order chi connectivity index (χ0) is 22.9. The van der Waals surface area contributed by atoms with Crippen molar-refractivity contribution in [2.24, 2.45) is 0 Å². The number of carboxylic acids is 2. The number of carboxylic acid groups (broad SMARTS) is 2. The first-order chi connectivity index (χ1) is 16.0. The van der Waals surface area contributed by atoms with Gasteiger partial charge in [-0.25, -0.2) is 9.59 Å². The summed E-state index contributed by atoms with van der Waals surface area (Å²) in [5, 5.41) is 19.6. The smallest absolute Gasteiger partial charge is 0.335 e. The van der Waals surface area contributed by atoms with Crippen LogP contribution in [-0.2, 0) is 6.42 Å². The molecule has 0 aliphatic heterocycles. The van der Waals surface area contributed by atoms with Gasteiger partial charge in [0, 0.05) is 11.8 Å². The summed E-state index contributed by atoms with van der Waals surface area (Å²) in [5.41, 5.74) is 6.82. The SMILES string of the molecule is O=C(O)c1cccc(C2=CCc3nc4cc(-c5cccc(C(=O)O)c5)ccc4cc3C=C2)c1. The maximum atomic E-state index is 11.3. The summed E-state index contributed by atoms with van der Waals surface area (Å²) < 4.78 is 0. The van der Waals surface area contributed by atoms with Crippen molar-refractivity contribution in [1.82, 2.24) is 4.98 Å². The van der Waals surface area contributed by atoms with Crippen LogP contribution in [-0.4, -0.2) is 27.1 Å². The molecule has 0 spiro atoms. The number of fused-ring (bicyclic) bond motifs is 2. The van der Waals surface area contributed by atoms with Gasteiger partial charge < -0.3 is 10.2 Å². The van der Waals surface area contributed by atoms with Crippen LogP contribution < -0.4 is 0 Å². The minimum Gasteiger partial charge on any atom is -0.478 e. The zero-order valence-electron chi connectivity index (χ0n) is 17.5. The number of aromatic carboxylic acids is 2. The van der Waals surface area contributed by atoms with E-state index in [4.69, 9.17) is 4.98 Å². The van der Waals surface area contributed by atoms with Gasteiger partial charge in [-0.2, -0.15) is 0 Å². The van der Waals surface area contributed by atoms with Crippen molar-refractivity contribution < 1.29 is 19.8 Å². The van der Waals surface area contributed by atoms with E-state index < -0.39 is 11.9 Å². The first-order valence-electron chi connectivity index (χ1n) is 10.5. The van der Waals surface area contributed by atoms with Gasteiger partial charge in [-0.05, 0) is 64.2 Å². The average Bonchev–Trinajstić information content (AvgIpc) is 3.04. The number of carbonyl (C=O) groups is 2. The topological polar surface area (TPSA) is 87.5 Å². The van der Waals surface area contributed by atoms with Gasteiger partial charge in [-0.3, -0.25) is 4.98 Å². The Balaban J connectivity index is 1.51. The van der Waals surface area contributed by atoms with Crippen molar-refractivity contribution in [3.8, 4) is 11.1 Å². The number of allylic oxidation sites excluding steroid dienone is 3. The van der Waals surface area contributed by atoms with Crippen molar-refractivity contribution in [3.05, 3.63) is 113 Å². The van der Waals surface area contributed by atoms with E-state index in [-0.39, 0.29) is 11.1 Å². The number of hydrogen-bond acceptors (Lipinski definition) is 3. The summed E-state index contributed by atoms with van der Waals surface area (Å²) in [6.45, 7) is 0. The second-order valence-corrected chi connectivity index (χ2v) is 7.90. The van der Waals surface area contributed by atoms with E-state index in [1.807, 2.05) is 42.5 Å². The molecule has 0 saturated heterocycles. The fraction of sp³-hybridized carbons (Fsp3) is 0.0357. The fourth-order valence-electron chi connectivity index (χ4n) is 4.04. The second kappa shape index (κ2) is 8.20. The van der Waals surface area contributed by atoms with Crippen LogP contribution in [0.25, 0.3) is 33.7 Å². The minimum absolute atomic E-state index is 0.247. The molecule has 2 N–H and O–H groups in total. The molecule has 4 aromatic rings. The van der Waals surface area contributed by atoms with Crippen molar-refractivity contribution in [3.63, 3.8) is 0 Å². The molecule has 3 aromatic carbocycles. The number of benzene rings is 3. The lowest BCUT2D eigenvalue weighted by Crippen LogP contribution is -1.97. The van der Waals surface area contributed by atoms with E-state index in [2.05, 4.69) is 12.1 Å². The molecular formula is C28H19NO4. The Morgan fingerprint density at radius 1 is 0.727 bits per heavy atom. The van der Waals surface area contributed by atoms with Crippen molar-refractivity contribution in [2.75, 3.05) is 0 Å². The molecule has 1 aliphatic rings. The number of nitrogens with zero attached hydrogens (tertiary/aromatic N) is 1. The van der Waals surface area contributed by atoms with Gasteiger partial charge in [0.2, 0.25) is 0 Å². The third-order valence-electron chi connectivity index (χ3n) is 5.77. The zero-order valence-corrected chi connectivity index (χ0v) is 17.5. The molecule has 1 aliphatic carbocycles. The molecule has 1 heterocycles. The van der Waals surface area contributed by atoms with E-state index in [1.165, 1.54) is 0 Å². The highest BCUT2D eigenvalue weighted by Crippen LogP contribution is 2.29. The Morgan fingerprint density at radius 2 is 1.39 bits per heavy atom. The molecular weight excluding hydrogens is 414 g/mol. The first-order valence-corrected chi connectivity index (χ1v) is 10.5. The summed E-state index contributed by atoms with van der Waals surface area (Å²) in [7, 11) is 0. The Hall–Kier alpha value is -4.51. The highest BCUT2D eigenvalue weighted by Gasteiger charge is 2.12. The summed E-state index contributed by atoms with van der Waals surface area (Å²) in [6.07, 6.45) is 6.68. The van der Waals surface area contributed by atoms with Crippen molar-refractivity contribution in [1.29, 1.82) is 0 Å². The molecule has 160 valence electrons. The normalized spacial score (nSPS) is 12.7. The van der Waals surface area contributed by atoms with Crippen molar-refractivity contribution >= 4 is 34.5 Å². The largest absolute Gasteiger partial charge is 0.478 e. The molecule has 0 amide bonds. The molecule has 5 nitrogen and oxygen atoms in total. The van der Waals surface area contributed by atoms with Gasteiger partial charge in [-0.15, -0.1) is 0 Å². The van der Waals surface area contributed by atoms with E-state index in [0.29, 0.717) is 6.42 Å². The minimum atomic E-state index is -0.954. The Kier molecular flexibility index (Phi) is 5.07. The Labute approximate surface area is 190 Å². The summed E-state index contributed by atoms with van der Waals surface area (Å²) in [5.74, 6) is -1.90. The van der Waals surface area contributed by atoms with E-state index in [0.717, 1.165) is 44.4 Å². The van der Waals surface area contributed by atoms with Crippen LogP contribution in [0, 0.1) is 0 Å². The number of rotatable bonds is 4. The van der Waals surface area contributed by atoms with Crippen molar-refractivity contribution in [2.45, 2.75) is 6.42 Å². The molecule has 1 aromatic heterocycles. The van der Waals surface area contributed by atoms with Crippen LogP contribution in [0.5, 0.6) is 0 Å². The molecule has 0 atom stereocenters. The molecule has 0 fully saturated rings. The predicted molar refractivity (Wildman–Crippen MR) is 128 cm³/mol. The lowest BCUT2D eigenvalue weighted by atomic mass is 10.00. The molecule has 33 heavy (non-hydrogen) atoms. The predicted octanol–water partition coefficient (Wildman–Crippen LogP) is 5.95.